The maximum atomic E-state index is 12.0. The fourth-order valence-corrected chi connectivity index (χ4v) is 4.23. The number of ether oxygens (including phenoxy) is 2. The molecule has 0 spiro atoms. The summed E-state index contributed by atoms with van der Waals surface area (Å²) in [6, 6.07) is 0. The first-order chi connectivity index (χ1) is 17.0. The third-order valence-electron chi connectivity index (χ3n) is 6.94. The standard InChI is InChI=1S/C30H58O5/c1-4-6-7-8-9-10-11-12-13-18-21-24-30(33)35-28(25-31)26-34-29(32)23-20-17-15-14-16-19-22-27(3)5-2/h27-28,31H,4-26H2,1-3H3/t27?,28-/m0/s1. The largest absolute Gasteiger partial charge is 0.462 e. The van der Waals surface area contributed by atoms with Gasteiger partial charge in [-0.15, -0.1) is 0 Å². The molecule has 0 saturated heterocycles. The van der Waals surface area contributed by atoms with Crippen molar-refractivity contribution in [2.45, 2.75) is 162 Å². The van der Waals surface area contributed by atoms with Gasteiger partial charge in [0, 0.05) is 12.8 Å². The number of hydrogen-bond donors (Lipinski definition) is 1. The third-order valence-corrected chi connectivity index (χ3v) is 6.94. The first-order valence-electron chi connectivity index (χ1n) is 15.0. The van der Waals surface area contributed by atoms with E-state index in [1.807, 2.05) is 0 Å². The highest BCUT2D eigenvalue weighted by Crippen LogP contribution is 2.15. The number of aliphatic hydroxyl groups excluding tert-OH is 1. The molecule has 208 valence electrons. The van der Waals surface area contributed by atoms with Gasteiger partial charge >= 0.3 is 11.9 Å². The average Bonchev–Trinajstić information content (AvgIpc) is 2.86. The molecule has 5 heteroatoms. The van der Waals surface area contributed by atoms with Crippen LogP contribution < -0.4 is 0 Å². The molecule has 0 aliphatic carbocycles. The number of rotatable bonds is 26. The molecular formula is C30H58O5. The van der Waals surface area contributed by atoms with Crippen LogP contribution >= 0.6 is 0 Å². The van der Waals surface area contributed by atoms with Crippen LogP contribution in [-0.2, 0) is 19.1 Å². The monoisotopic (exact) mass is 498 g/mol. The van der Waals surface area contributed by atoms with Gasteiger partial charge < -0.3 is 14.6 Å². The Kier molecular flexibility index (Phi) is 25.2. The summed E-state index contributed by atoms with van der Waals surface area (Å²) in [5, 5.41) is 9.45. The van der Waals surface area contributed by atoms with E-state index in [0.29, 0.717) is 12.8 Å². The van der Waals surface area contributed by atoms with E-state index in [0.717, 1.165) is 44.4 Å². The molecular weight excluding hydrogens is 440 g/mol. The second-order valence-electron chi connectivity index (χ2n) is 10.4. The number of esters is 2. The first-order valence-corrected chi connectivity index (χ1v) is 15.0. The minimum absolute atomic E-state index is 0.0606. The lowest BCUT2D eigenvalue weighted by Gasteiger charge is -2.15. The zero-order valence-electron chi connectivity index (χ0n) is 23.5. The summed E-state index contributed by atoms with van der Waals surface area (Å²) in [5.41, 5.74) is 0. The third kappa shape index (κ3) is 24.4. The zero-order chi connectivity index (χ0) is 26.0. The van der Waals surface area contributed by atoms with E-state index in [9.17, 15) is 14.7 Å². The molecule has 2 atom stereocenters. The van der Waals surface area contributed by atoms with E-state index in [1.165, 1.54) is 83.5 Å². The van der Waals surface area contributed by atoms with Gasteiger partial charge in [0.2, 0.25) is 0 Å². The Morgan fingerprint density at radius 1 is 0.657 bits per heavy atom. The van der Waals surface area contributed by atoms with Crippen LogP contribution in [0.15, 0.2) is 0 Å². The smallest absolute Gasteiger partial charge is 0.306 e. The number of unbranched alkanes of at least 4 members (excludes halogenated alkanes) is 15. The van der Waals surface area contributed by atoms with E-state index in [4.69, 9.17) is 9.47 Å². The molecule has 1 N–H and O–H groups in total. The molecule has 0 saturated carbocycles. The quantitative estimate of drug-likeness (QED) is 0.0959. The van der Waals surface area contributed by atoms with E-state index in [2.05, 4.69) is 20.8 Å². The lowest BCUT2D eigenvalue weighted by molar-refractivity contribution is -0.161. The van der Waals surface area contributed by atoms with Gasteiger partial charge in [0.15, 0.2) is 6.10 Å². The Morgan fingerprint density at radius 2 is 1.11 bits per heavy atom. The van der Waals surface area contributed by atoms with Crippen molar-refractivity contribution in [1.29, 1.82) is 0 Å². The molecule has 0 heterocycles. The molecule has 1 unspecified atom stereocenters. The van der Waals surface area contributed by atoms with Crippen molar-refractivity contribution in [3.05, 3.63) is 0 Å². The molecule has 0 radical (unpaired) electrons. The fraction of sp³-hybridized carbons (Fsp3) is 0.933. The van der Waals surface area contributed by atoms with Crippen LogP contribution in [0.5, 0.6) is 0 Å². The maximum Gasteiger partial charge on any atom is 0.306 e. The predicted octanol–water partition coefficient (Wildman–Crippen LogP) is 8.30. The second kappa shape index (κ2) is 26.0. The van der Waals surface area contributed by atoms with E-state index in [-0.39, 0.29) is 25.2 Å². The van der Waals surface area contributed by atoms with Crippen LogP contribution in [0.25, 0.3) is 0 Å². The van der Waals surface area contributed by atoms with Crippen molar-refractivity contribution < 1.29 is 24.2 Å². The first kappa shape index (κ1) is 33.9. The van der Waals surface area contributed by atoms with Gasteiger partial charge in [-0.3, -0.25) is 9.59 Å². The minimum atomic E-state index is -0.760. The van der Waals surface area contributed by atoms with Crippen LogP contribution in [-0.4, -0.2) is 36.4 Å². The minimum Gasteiger partial charge on any atom is -0.462 e. The molecule has 0 bridgehead atoms. The highest BCUT2D eigenvalue weighted by molar-refractivity contribution is 5.70. The van der Waals surface area contributed by atoms with Crippen LogP contribution in [0.3, 0.4) is 0 Å². The van der Waals surface area contributed by atoms with Gasteiger partial charge in [0.05, 0.1) is 6.61 Å². The molecule has 0 aliphatic rings. The van der Waals surface area contributed by atoms with Crippen LogP contribution in [0.1, 0.15) is 156 Å². The SMILES string of the molecule is CCCCCCCCCCCCCC(=O)O[C@@H](CO)COC(=O)CCCCCCCCC(C)CC. The molecule has 0 aromatic carbocycles. The Hall–Kier alpha value is -1.10. The Labute approximate surface area is 217 Å². The van der Waals surface area contributed by atoms with Gasteiger partial charge in [-0.05, 0) is 18.8 Å². The van der Waals surface area contributed by atoms with Gasteiger partial charge in [-0.1, -0.05) is 130 Å². The Bertz CT molecular complexity index is 479. The number of carbonyl (C=O) groups is 2. The van der Waals surface area contributed by atoms with E-state index < -0.39 is 6.10 Å². The van der Waals surface area contributed by atoms with Crippen molar-refractivity contribution in [2.75, 3.05) is 13.2 Å². The number of carbonyl (C=O) groups excluding carboxylic acids is 2. The Morgan fingerprint density at radius 3 is 1.60 bits per heavy atom. The predicted molar refractivity (Wildman–Crippen MR) is 145 cm³/mol. The molecule has 5 nitrogen and oxygen atoms in total. The second-order valence-corrected chi connectivity index (χ2v) is 10.4. The number of hydrogen-bond acceptors (Lipinski definition) is 5. The lowest BCUT2D eigenvalue weighted by atomic mass is 10.00. The summed E-state index contributed by atoms with van der Waals surface area (Å²) in [5.74, 6) is 0.238. The van der Waals surface area contributed by atoms with Crippen molar-refractivity contribution >= 4 is 11.9 Å². The molecule has 35 heavy (non-hydrogen) atoms. The summed E-state index contributed by atoms with van der Waals surface area (Å²) < 4.78 is 10.5. The van der Waals surface area contributed by atoms with E-state index in [1.54, 1.807) is 0 Å². The molecule has 0 aliphatic heterocycles. The molecule has 0 amide bonds. The van der Waals surface area contributed by atoms with Gasteiger partial charge in [-0.25, -0.2) is 0 Å². The molecule has 0 aromatic heterocycles. The van der Waals surface area contributed by atoms with Crippen molar-refractivity contribution in [3.63, 3.8) is 0 Å². The van der Waals surface area contributed by atoms with Gasteiger partial charge in [-0.2, -0.15) is 0 Å². The molecule has 0 aromatic rings. The highest BCUT2D eigenvalue weighted by Gasteiger charge is 2.16. The zero-order valence-corrected chi connectivity index (χ0v) is 23.5. The summed E-state index contributed by atoms with van der Waals surface area (Å²) in [6.07, 6.45) is 23.0. The van der Waals surface area contributed by atoms with Crippen LogP contribution in [0.4, 0.5) is 0 Å². The maximum absolute atomic E-state index is 12.0. The molecule has 0 rings (SSSR count). The Balaban J connectivity index is 3.61. The normalized spacial score (nSPS) is 12.9. The van der Waals surface area contributed by atoms with Crippen LogP contribution in [0.2, 0.25) is 0 Å². The van der Waals surface area contributed by atoms with Gasteiger partial charge in [0.1, 0.15) is 6.61 Å². The fourth-order valence-electron chi connectivity index (χ4n) is 4.23. The topological polar surface area (TPSA) is 72.8 Å². The summed E-state index contributed by atoms with van der Waals surface area (Å²) >= 11 is 0. The van der Waals surface area contributed by atoms with Crippen LogP contribution in [0, 0.1) is 5.92 Å². The lowest BCUT2D eigenvalue weighted by Crippen LogP contribution is -2.28. The molecule has 0 fully saturated rings. The highest BCUT2D eigenvalue weighted by atomic mass is 16.6. The van der Waals surface area contributed by atoms with Crippen molar-refractivity contribution in [2.24, 2.45) is 5.92 Å². The summed E-state index contributed by atoms with van der Waals surface area (Å²) in [4.78, 5) is 23.9. The van der Waals surface area contributed by atoms with Crippen molar-refractivity contribution in [3.8, 4) is 0 Å². The van der Waals surface area contributed by atoms with E-state index >= 15 is 0 Å². The summed E-state index contributed by atoms with van der Waals surface area (Å²) in [7, 11) is 0. The van der Waals surface area contributed by atoms with Gasteiger partial charge in [0.25, 0.3) is 0 Å². The average molecular weight is 499 g/mol. The summed E-state index contributed by atoms with van der Waals surface area (Å²) in [6.45, 7) is 6.42. The van der Waals surface area contributed by atoms with Crippen molar-refractivity contribution in [1.82, 2.24) is 0 Å². The number of aliphatic hydroxyl groups is 1.